The number of hydrogen-bond donors (Lipinski definition) is 1. The summed E-state index contributed by atoms with van der Waals surface area (Å²) in [6.07, 6.45) is 0.863. The lowest BCUT2D eigenvalue weighted by molar-refractivity contribution is 0.112. The number of nitrogens with zero attached hydrogens (tertiary/aromatic N) is 1. The monoisotopic (exact) mass is 207 g/mol. The Balaban J connectivity index is 2.94. The molecule has 0 saturated heterocycles. The lowest BCUT2D eigenvalue weighted by atomic mass is 10.1. The van der Waals surface area contributed by atoms with Gasteiger partial charge in [0, 0.05) is 24.3 Å². The summed E-state index contributed by atoms with van der Waals surface area (Å²) in [6.45, 7) is 5.57. The van der Waals surface area contributed by atoms with Gasteiger partial charge in [0.15, 0.2) is 0 Å². The molecule has 0 unspecified atom stereocenters. The van der Waals surface area contributed by atoms with E-state index in [4.69, 9.17) is 5.11 Å². The van der Waals surface area contributed by atoms with Gasteiger partial charge in [-0.3, -0.25) is 4.79 Å². The number of aliphatic hydroxyl groups is 1. The number of aryl methyl sites for hydroxylation is 1. The second-order valence-corrected chi connectivity index (χ2v) is 3.46. The standard InChI is InChI=1S/C12H17NO2/c1-3-13(6-7-14)12-5-4-11(9-15)10(2)8-12/h4-5,8-9,14H,3,6-7H2,1-2H3. The van der Waals surface area contributed by atoms with Gasteiger partial charge in [-0.1, -0.05) is 0 Å². The highest BCUT2D eigenvalue weighted by atomic mass is 16.3. The molecule has 1 aromatic carbocycles. The van der Waals surface area contributed by atoms with Crippen molar-refractivity contribution in [2.75, 3.05) is 24.6 Å². The van der Waals surface area contributed by atoms with Gasteiger partial charge in [-0.2, -0.15) is 0 Å². The number of benzene rings is 1. The first-order valence-corrected chi connectivity index (χ1v) is 5.14. The van der Waals surface area contributed by atoms with Crippen molar-refractivity contribution in [3.05, 3.63) is 29.3 Å². The molecular formula is C12H17NO2. The number of aldehydes is 1. The van der Waals surface area contributed by atoms with Crippen LogP contribution in [0.4, 0.5) is 5.69 Å². The fraction of sp³-hybridized carbons (Fsp3) is 0.417. The minimum absolute atomic E-state index is 0.141. The summed E-state index contributed by atoms with van der Waals surface area (Å²) in [6, 6.07) is 5.70. The van der Waals surface area contributed by atoms with E-state index in [1.54, 1.807) is 0 Å². The highest BCUT2D eigenvalue weighted by Gasteiger charge is 2.05. The molecule has 82 valence electrons. The van der Waals surface area contributed by atoms with E-state index in [1.165, 1.54) is 0 Å². The van der Waals surface area contributed by atoms with Gasteiger partial charge in [-0.05, 0) is 37.6 Å². The van der Waals surface area contributed by atoms with Gasteiger partial charge in [0.2, 0.25) is 0 Å². The van der Waals surface area contributed by atoms with E-state index in [0.29, 0.717) is 6.54 Å². The van der Waals surface area contributed by atoms with Gasteiger partial charge in [-0.15, -0.1) is 0 Å². The summed E-state index contributed by atoms with van der Waals surface area (Å²) >= 11 is 0. The minimum Gasteiger partial charge on any atom is -0.395 e. The zero-order chi connectivity index (χ0) is 11.3. The predicted octanol–water partition coefficient (Wildman–Crippen LogP) is 1.63. The second kappa shape index (κ2) is 5.51. The van der Waals surface area contributed by atoms with Crippen molar-refractivity contribution < 1.29 is 9.90 Å². The molecule has 3 heteroatoms. The van der Waals surface area contributed by atoms with Crippen LogP contribution in [0.3, 0.4) is 0 Å². The van der Waals surface area contributed by atoms with Crippen LogP contribution in [-0.4, -0.2) is 31.1 Å². The summed E-state index contributed by atoms with van der Waals surface area (Å²) in [5.41, 5.74) is 2.74. The Morgan fingerprint density at radius 1 is 1.47 bits per heavy atom. The van der Waals surface area contributed by atoms with Crippen molar-refractivity contribution in [2.24, 2.45) is 0 Å². The second-order valence-electron chi connectivity index (χ2n) is 3.46. The van der Waals surface area contributed by atoms with Crippen LogP contribution in [0.1, 0.15) is 22.8 Å². The number of anilines is 1. The van der Waals surface area contributed by atoms with Crippen LogP contribution in [0.5, 0.6) is 0 Å². The van der Waals surface area contributed by atoms with Crippen molar-refractivity contribution in [1.82, 2.24) is 0 Å². The van der Waals surface area contributed by atoms with Crippen molar-refractivity contribution in [2.45, 2.75) is 13.8 Å². The molecule has 0 heterocycles. The van der Waals surface area contributed by atoms with E-state index in [2.05, 4.69) is 4.90 Å². The van der Waals surface area contributed by atoms with Crippen LogP contribution in [0.2, 0.25) is 0 Å². The van der Waals surface area contributed by atoms with Gasteiger partial charge < -0.3 is 10.0 Å². The normalized spacial score (nSPS) is 10.1. The Morgan fingerprint density at radius 3 is 2.67 bits per heavy atom. The number of hydrogen-bond acceptors (Lipinski definition) is 3. The molecule has 1 aromatic rings. The largest absolute Gasteiger partial charge is 0.395 e. The Kier molecular flexibility index (Phi) is 4.31. The predicted molar refractivity (Wildman–Crippen MR) is 61.5 cm³/mol. The van der Waals surface area contributed by atoms with Crippen LogP contribution in [0.25, 0.3) is 0 Å². The first-order valence-electron chi connectivity index (χ1n) is 5.14. The summed E-state index contributed by atoms with van der Waals surface area (Å²) < 4.78 is 0. The van der Waals surface area contributed by atoms with Crippen molar-refractivity contribution in [3.8, 4) is 0 Å². The average molecular weight is 207 g/mol. The smallest absolute Gasteiger partial charge is 0.150 e. The van der Waals surface area contributed by atoms with Crippen LogP contribution >= 0.6 is 0 Å². The molecule has 1 rings (SSSR count). The number of rotatable bonds is 5. The molecule has 3 nitrogen and oxygen atoms in total. The lowest BCUT2D eigenvalue weighted by Crippen LogP contribution is -2.26. The van der Waals surface area contributed by atoms with E-state index < -0.39 is 0 Å². The third kappa shape index (κ3) is 2.80. The molecule has 0 fully saturated rings. The molecular weight excluding hydrogens is 190 g/mol. The third-order valence-corrected chi connectivity index (χ3v) is 2.50. The molecule has 0 amide bonds. The quantitative estimate of drug-likeness (QED) is 0.746. The van der Waals surface area contributed by atoms with E-state index in [-0.39, 0.29) is 6.61 Å². The van der Waals surface area contributed by atoms with E-state index >= 15 is 0 Å². The zero-order valence-corrected chi connectivity index (χ0v) is 9.23. The highest BCUT2D eigenvalue weighted by Crippen LogP contribution is 2.17. The number of likely N-dealkylation sites (N-methyl/N-ethyl adjacent to an activating group) is 1. The molecule has 0 aliphatic carbocycles. The minimum atomic E-state index is 0.141. The fourth-order valence-electron chi connectivity index (χ4n) is 1.58. The Bertz CT molecular complexity index is 336. The van der Waals surface area contributed by atoms with Crippen LogP contribution in [0, 0.1) is 6.92 Å². The molecule has 0 aliphatic heterocycles. The molecule has 0 spiro atoms. The van der Waals surface area contributed by atoms with Crippen molar-refractivity contribution in [3.63, 3.8) is 0 Å². The highest BCUT2D eigenvalue weighted by molar-refractivity contribution is 5.78. The van der Waals surface area contributed by atoms with Gasteiger partial charge in [0.1, 0.15) is 6.29 Å². The van der Waals surface area contributed by atoms with E-state index in [9.17, 15) is 4.79 Å². The van der Waals surface area contributed by atoms with Crippen LogP contribution in [0.15, 0.2) is 18.2 Å². The first-order chi connectivity index (χ1) is 7.22. The van der Waals surface area contributed by atoms with Gasteiger partial charge in [-0.25, -0.2) is 0 Å². The molecule has 0 aromatic heterocycles. The SMILES string of the molecule is CCN(CCO)c1ccc(C=O)c(C)c1. The Morgan fingerprint density at radius 2 is 2.20 bits per heavy atom. The molecule has 15 heavy (non-hydrogen) atoms. The van der Waals surface area contributed by atoms with E-state index in [0.717, 1.165) is 29.6 Å². The zero-order valence-electron chi connectivity index (χ0n) is 9.23. The lowest BCUT2D eigenvalue weighted by Gasteiger charge is -2.22. The topological polar surface area (TPSA) is 40.5 Å². The Labute approximate surface area is 90.3 Å². The molecule has 0 radical (unpaired) electrons. The van der Waals surface area contributed by atoms with Gasteiger partial charge in [0.05, 0.1) is 6.61 Å². The molecule has 0 aliphatic rings. The maximum atomic E-state index is 10.7. The third-order valence-electron chi connectivity index (χ3n) is 2.50. The number of carbonyl (C=O) groups is 1. The summed E-state index contributed by atoms with van der Waals surface area (Å²) in [7, 11) is 0. The van der Waals surface area contributed by atoms with Crippen LogP contribution in [-0.2, 0) is 0 Å². The molecule has 1 N–H and O–H groups in total. The van der Waals surface area contributed by atoms with E-state index in [1.807, 2.05) is 32.0 Å². The molecule has 0 atom stereocenters. The van der Waals surface area contributed by atoms with Gasteiger partial charge >= 0.3 is 0 Å². The fourth-order valence-corrected chi connectivity index (χ4v) is 1.58. The summed E-state index contributed by atoms with van der Waals surface area (Å²) in [5, 5.41) is 8.90. The molecule has 0 saturated carbocycles. The van der Waals surface area contributed by atoms with Gasteiger partial charge in [0.25, 0.3) is 0 Å². The number of carbonyl (C=O) groups excluding carboxylic acids is 1. The maximum absolute atomic E-state index is 10.7. The molecule has 0 bridgehead atoms. The summed E-state index contributed by atoms with van der Waals surface area (Å²) in [4.78, 5) is 12.7. The number of aliphatic hydroxyl groups excluding tert-OH is 1. The van der Waals surface area contributed by atoms with Crippen molar-refractivity contribution >= 4 is 12.0 Å². The summed E-state index contributed by atoms with van der Waals surface area (Å²) in [5.74, 6) is 0. The first kappa shape index (κ1) is 11.7. The Hall–Kier alpha value is -1.35. The maximum Gasteiger partial charge on any atom is 0.150 e. The average Bonchev–Trinajstić information content (AvgIpc) is 2.25. The van der Waals surface area contributed by atoms with Crippen molar-refractivity contribution in [1.29, 1.82) is 0 Å². The van der Waals surface area contributed by atoms with Crippen LogP contribution < -0.4 is 4.90 Å².